The number of piperazine rings is 1. The van der Waals surface area contributed by atoms with Crippen molar-refractivity contribution in [3.05, 3.63) is 29.1 Å². The summed E-state index contributed by atoms with van der Waals surface area (Å²) >= 11 is 0. The standard InChI is InChI=1S/C17H25FN2O2.2ClH/c1-12-10-14(17(21)15(18)11-12)16(13-2-8-22-9-3-13)20-6-4-19-5-7-20;;/h10-11,13,16,19,21H,2-9H2,1H3;2*1H/t16-;;/m1../s1. The van der Waals surface area contributed by atoms with Crippen molar-refractivity contribution in [3.8, 4) is 5.75 Å². The zero-order valence-corrected chi connectivity index (χ0v) is 15.6. The van der Waals surface area contributed by atoms with Crippen LogP contribution in [-0.4, -0.2) is 49.4 Å². The first-order chi connectivity index (χ1) is 10.7. The Hall–Kier alpha value is -0.590. The van der Waals surface area contributed by atoms with E-state index in [1.54, 1.807) is 0 Å². The SMILES string of the molecule is Cc1cc(F)c(O)c([C@@H](C2CCOCC2)N2CCNCC2)c1.Cl.Cl. The maximum atomic E-state index is 14.0. The van der Waals surface area contributed by atoms with Crippen molar-refractivity contribution in [2.24, 2.45) is 5.92 Å². The maximum absolute atomic E-state index is 14.0. The highest BCUT2D eigenvalue weighted by Gasteiger charge is 2.33. The lowest BCUT2D eigenvalue weighted by molar-refractivity contribution is 0.0205. The van der Waals surface area contributed by atoms with Crippen LogP contribution in [0.1, 0.15) is 30.0 Å². The number of hydrogen-bond acceptors (Lipinski definition) is 4. The molecule has 1 atom stereocenters. The third-order valence-electron chi connectivity index (χ3n) is 4.81. The Balaban J connectivity index is 0.00000144. The molecule has 2 aliphatic heterocycles. The van der Waals surface area contributed by atoms with E-state index in [9.17, 15) is 9.50 Å². The molecule has 3 rings (SSSR count). The lowest BCUT2D eigenvalue weighted by atomic mass is 9.84. The third kappa shape index (κ3) is 4.73. The molecule has 2 saturated heterocycles. The summed E-state index contributed by atoms with van der Waals surface area (Å²) in [6.45, 7) is 7.12. The number of benzene rings is 1. The second-order valence-electron chi connectivity index (χ2n) is 6.37. The number of nitrogens with one attached hydrogen (secondary N) is 1. The van der Waals surface area contributed by atoms with Crippen molar-refractivity contribution in [3.63, 3.8) is 0 Å². The summed E-state index contributed by atoms with van der Waals surface area (Å²) < 4.78 is 19.5. The van der Waals surface area contributed by atoms with Gasteiger partial charge < -0.3 is 15.2 Å². The van der Waals surface area contributed by atoms with Crippen LogP contribution < -0.4 is 5.32 Å². The molecule has 2 N–H and O–H groups in total. The fourth-order valence-corrected chi connectivity index (χ4v) is 3.73. The molecule has 24 heavy (non-hydrogen) atoms. The monoisotopic (exact) mass is 380 g/mol. The quantitative estimate of drug-likeness (QED) is 0.845. The van der Waals surface area contributed by atoms with Crippen molar-refractivity contribution in [2.75, 3.05) is 39.4 Å². The number of phenols is 1. The van der Waals surface area contributed by atoms with E-state index < -0.39 is 5.82 Å². The van der Waals surface area contributed by atoms with Crippen LogP contribution in [0.15, 0.2) is 12.1 Å². The van der Waals surface area contributed by atoms with Crippen LogP contribution in [0.4, 0.5) is 4.39 Å². The van der Waals surface area contributed by atoms with Gasteiger partial charge in [-0.1, -0.05) is 6.07 Å². The van der Waals surface area contributed by atoms with Gasteiger partial charge in [0.25, 0.3) is 0 Å². The smallest absolute Gasteiger partial charge is 0.165 e. The first kappa shape index (κ1) is 21.5. The minimum Gasteiger partial charge on any atom is -0.505 e. The second-order valence-corrected chi connectivity index (χ2v) is 6.37. The number of phenolic OH excluding ortho intramolecular Hbond substituents is 1. The molecule has 1 aromatic rings. The van der Waals surface area contributed by atoms with Gasteiger partial charge in [-0.2, -0.15) is 0 Å². The molecule has 0 bridgehead atoms. The van der Waals surface area contributed by atoms with Gasteiger partial charge in [0.05, 0.1) is 0 Å². The summed E-state index contributed by atoms with van der Waals surface area (Å²) in [7, 11) is 0. The molecular formula is C17H27Cl2FN2O2. The number of aromatic hydroxyl groups is 1. The molecular weight excluding hydrogens is 354 g/mol. The number of hydrogen-bond donors (Lipinski definition) is 2. The van der Waals surface area contributed by atoms with E-state index in [1.165, 1.54) is 6.07 Å². The summed E-state index contributed by atoms with van der Waals surface area (Å²) in [5.41, 5.74) is 1.60. The highest BCUT2D eigenvalue weighted by atomic mass is 35.5. The predicted octanol–water partition coefficient (Wildman–Crippen LogP) is 3.06. The first-order valence-corrected chi connectivity index (χ1v) is 8.18. The topological polar surface area (TPSA) is 44.7 Å². The fourth-order valence-electron chi connectivity index (χ4n) is 3.73. The van der Waals surface area contributed by atoms with Crippen LogP contribution in [0.2, 0.25) is 0 Å². The molecule has 2 heterocycles. The lowest BCUT2D eigenvalue weighted by Crippen LogP contribution is -2.47. The Morgan fingerprint density at radius 3 is 2.46 bits per heavy atom. The van der Waals surface area contributed by atoms with Gasteiger partial charge in [0.2, 0.25) is 0 Å². The Bertz CT molecular complexity index is 504. The van der Waals surface area contributed by atoms with Crippen LogP contribution in [0.3, 0.4) is 0 Å². The molecule has 2 aliphatic rings. The molecule has 2 fully saturated rings. The number of rotatable bonds is 3. The molecule has 4 nitrogen and oxygen atoms in total. The number of ether oxygens (including phenoxy) is 1. The Morgan fingerprint density at radius 2 is 1.83 bits per heavy atom. The van der Waals surface area contributed by atoms with Gasteiger partial charge in [0.15, 0.2) is 11.6 Å². The van der Waals surface area contributed by atoms with E-state index in [0.717, 1.165) is 63.4 Å². The Labute approximate surface area is 155 Å². The lowest BCUT2D eigenvalue weighted by Gasteiger charge is -2.41. The van der Waals surface area contributed by atoms with Crippen LogP contribution in [-0.2, 0) is 4.74 Å². The molecule has 1 aromatic carbocycles. The van der Waals surface area contributed by atoms with Gasteiger partial charge >= 0.3 is 0 Å². The normalized spacial score (nSPS) is 20.8. The van der Waals surface area contributed by atoms with E-state index in [2.05, 4.69) is 10.2 Å². The number of nitrogens with zero attached hydrogens (tertiary/aromatic N) is 1. The highest BCUT2D eigenvalue weighted by Crippen LogP contribution is 2.40. The average molecular weight is 381 g/mol. The van der Waals surface area contributed by atoms with Crippen LogP contribution in [0.25, 0.3) is 0 Å². The van der Waals surface area contributed by atoms with Crippen molar-refractivity contribution < 1.29 is 14.2 Å². The largest absolute Gasteiger partial charge is 0.505 e. The van der Waals surface area contributed by atoms with Gasteiger partial charge in [-0.3, -0.25) is 4.90 Å². The predicted molar refractivity (Wildman–Crippen MR) is 98.0 cm³/mol. The summed E-state index contributed by atoms with van der Waals surface area (Å²) in [6, 6.07) is 3.42. The van der Waals surface area contributed by atoms with E-state index in [-0.39, 0.29) is 36.6 Å². The Kier molecular flexibility index (Phi) is 8.74. The van der Waals surface area contributed by atoms with Crippen LogP contribution >= 0.6 is 24.8 Å². The molecule has 0 radical (unpaired) electrons. The molecule has 0 spiro atoms. The Morgan fingerprint density at radius 1 is 1.21 bits per heavy atom. The van der Waals surface area contributed by atoms with E-state index in [0.29, 0.717) is 5.92 Å². The fraction of sp³-hybridized carbons (Fsp3) is 0.647. The van der Waals surface area contributed by atoms with Gasteiger partial charge in [0.1, 0.15) is 0 Å². The van der Waals surface area contributed by atoms with Gasteiger partial charge in [0, 0.05) is 51.0 Å². The number of aryl methyl sites for hydroxylation is 1. The summed E-state index contributed by atoms with van der Waals surface area (Å²) in [5, 5.41) is 13.7. The van der Waals surface area contributed by atoms with Crippen molar-refractivity contribution >= 4 is 24.8 Å². The van der Waals surface area contributed by atoms with E-state index in [1.807, 2.05) is 13.0 Å². The third-order valence-corrected chi connectivity index (χ3v) is 4.81. The molecule has 0 amide bonds. The summed E-state index contributed by atoms with van der Waals surface area (Å²) in [6.07, 6.45) is 1.92. The van der Waals surface area contributed by atoms with Crippen LogP contribution in [0, 0.1) is 18.7 Å². The minimum atomic E-state index is -0.512. The summed E-state index contributed by atoms with van der Waals surface area (Å²) in [5.74, 6) is -0.290. The van der Waals surface area contributed by atoms with Crippen LogP contribution in [0.5, 0.6) is 5.75 Å². The number of halogens is 3. The molecule has 0 saturated carbocycles. The zero-order valence-electron chi connectivity index (χ0n) is 14.0. The van der Waals surface area contributed by atoms with E-state index >= 15 is 0 Å². The van der Waals surface area contributed by atoms with E-state index in [4.69, 9.17) is 4.74 Å². The molecule has 0 unspecified atom stereocenters. The van der Waals surface area contributed by atoms with Gasteiger partial charge in [-0.15, -0.1) is 24.8 Å². The second kappa shape index (κ2) is 9.78. The summed E-state index contributed by atoms with van der Waals surface area (Å²) in [4.78, 5) is 2.39. The maximum Gasteiger partial charge on any atom is 0.165 e. The van der Waals surface area contributed by atoms with Crippen molar-refractivity contribution in [1.29, 1.82) is 0 Å². The first-order valence-electron chi connectivity index (χ1n) is 8.18. The van der Waals surface area contributed by atoms with Gasteiger partial charge in [-0.25, -0.2) is 4.39 Å². The molecule has 7 heteroatoms. The molecule has 138 valence electrons. The minimum absolute atomic E-state index is 0. The van der Waals surface area contributed by atoms with Crippen molar-refractivity contribution in [1.82, 2.24) is 10.2 Å². The molecule has 0 aliphatic carbocycles. The molecule has 0 aromatic heterocycles. The average Bonchev–Trinajstić information content (AvgIpc) is 2.54. The zero-order chi connectivity index (χ0) is 15.5. The highest BCUT2D eigenvalue weighted by molar-refractivity contribution is 5.85. The van der Waals surface area contributed by atoms with Gasteiger partial charge in [-0.05, 0) is 37.3 Å². The van der Waals surface area contributed by atoms with Crippen molar-refractivity contribution in [2.45, 2.75) is 25.8 Å².